The first-order valence-electron chi connectivity index (χ1n) is 10.5. The third kappa shape index (κ3) is 4.82. The molecule has 0 aliphatic heterocycles. The molecule has 0 bridgehead atoms. The summed E-state index contributed by atoms with van der Waals surface area (Å²) in [5.74, 6) is -0.0258. The summed E-state index contributed by atoms with van der Waals surface area (Å²) in [4.78, 5) is 11.8. The van der Waals surface area contributed by atoms with E-state index in [-0.39, 0.29) is 24.0 Å². The van der Waals surface area contributed by atoms with Gasteiger partial charge >= 0.3 is 5.97 Å². The Morgan fingerprint density at radius 2 is 1.52 bits per heavy atom. The number of esters is 1. The summed E-state index contributed by atoms with van der Waals surface area (Å²) in [5, 5.41) is 12.3. The normalized spacial score (nSPS) is 13.1. The van der Waals surface area contributed by atoms with Gasteiger partial charge in [0.25, 0.3) is 8.32 Å². The number of ether oxygens (including phenoxy) is 1. The van der Waals surface area contributed by atoms with Crippen LogP contribution in [0.3, 0.4) is 0 Å². The van der Waals surface area contributed by atoms with Gasteiger partial charge in [-0.25, -0.2) is 4.79 Å². The summed E-state index contributed by atoms with van der Waals surface area (Å²) in [6.07, 6.45) is -1.44. The standard InChI is InChI=1S/C25H30O5Si/c1-5-28-24(27)23(26)22-17-16-19(30-22)18-29-31(25(2,3)4,20-12-8-6-9-13-20)21-14-10-7-11-15-21/h6-17,23,26H,5,18H2,1-4H3/t23-/m1/s1. The lowest BCUT2D eigenvalue weighted by Gasteiger charge is -2.42. The Hall–Kier alpha value is -2.67. The molecule has 6 heteroatoms. The van der Waals surface area contributed by atoms with Crippen LogP contribution in [0.15, 0.2) is 77.2 Å². The second kappa shape index (κ2) is 9.64. The first kappa shape index (κ1) is 23.0. The number of rotatable bonds is 8. The molecule has 1 atom stereocenters. The van der Waals surface area contributed by atoms with Gasteiger partial charge in [0.1, 0.15) is 11.5 Å². The first-order valence-corrected chi connectivity index (χ1v) is 12.4. The molecule has 0 radical (unpaired) electrons. The molecule has 1 heterocycles. The van der Waals surface area contributed by atoms with E-state index in [1.54, 1.807) is 19.1 Å². The van der Waals surface area contributed by atoms with E-state index in [1.165, 1.54) is 10.4 Å². The molecule has 164 valence electrons. The van der Waals surface area contributed by atoms with Crippen LogP contribution in [0.5, 0.6) is 0 Å². The highest BCUT2D eigenvalue weighted by Crippen LogP contribution is 2.37. The molecule has 0 saturated carbocycles. The Morgan fingerprint density at radius 1 is 0.968 bits per heavy atom. The molecule has 0 aliphatic carbocycles. The van der Waals surface area contributed by atoms with Crippen molar-refractivity contribution in [3.8, 4) is 0 Å². The van der Waals surface area contributed by atoms with Crippen molar-refractivity contribution < 1.29 is 23.5 Å². The number of benzene rings is 2. The molecular formula is C25H30O5Si. The van der Waals surface area contributed by atoms with Crippen LogP contribution in [-0.2, 0) is 20.6 Å². The van der Waals surface area contributed by atoms with Gasteiger partial charge in [0, 0.05) is 0 Å². The highest BCUT2D eigenvalue weighted by molar-refractivity contribution is 6.99. The fourth-order valence-corrected chi connectivity index (χ4v) is 8.41. The molecule has 0 saturated heterocycles. The van der Waals surface area contributed by atoms with E-state index < -0.39 is 20.4 Å². The quantitative estimate of drug-likeness (QED) is 0.426. The average molecular weight is 439 g/mol. The third-order valence-electron chi connectivity index (χ3n) is 5.31. The second-order valence-corrected chi connectivity index (χ2v) is 12.7. The van der Waals surface area contributed by atoms with Gasteiger partial charge in [0.15, 0.2) is 0 Å². The van der Waals surface area contributed by atoms with Crippen LogP contribution in [0.4, 0.5) is 0 Å². The summed E-state index contributed by atoms with van der Waals surface area (Å²) in [6.45, 7) is 8.73. The minimum atomic E-state index is -2.70. The Kier molecular flexibility index (Phi) is 7.15. The predicted molar refractivity (Wildman–Crippen MR) is 123 cm³/mol. The van der Waals surface area contributed by atoms with Crippen LogP contribution in [0.2, 0.25) is 5.04 Å². The maximum Gasteiger partial charge on any atom is 0.342 e. The van der Waals surface area contributed by atoms with Gasteiger partial charge in [0.2, 0.25) is 6.10 Å². The zero-order valence-electron chi connectivity index (χ0n) is 18.5. The van der Waals surface area contributed by atoms with Crippen molar-refractivity contribution in [1.29, 1.82) is 0 Å². The fraction of sp³-hybridized carbons (Fsp3) is 0.320. The van der Waals surface area contributed by atoms with Crippen LogP contribution >= 0.6 is 0 Å². The zero-order chi connectivity index (χ0) is 22.5. The fourth-order valence-electron chi connectivity index (χ4n) is 3.90. The summed E-state index contributed by atoms with van der Waals surface area (Å²) >= 11 is 0. The molecule has 31 heavy (non-hydrogen) atoms. The zero-order valence-corrected chi connectivity index (χ0v) is 19.5. The summed E-state index contributed by atoms with van der Waals surface area (Å²) in [6, 6.07) is 24.0. The minimum absolute atomic E-state index is 0.152. The molecule has 0 amide bonds. The van der Waals surface area contributed by atoms with Crippen LogP contribution in [0.1, 0.15) is 45.3 Å². The molecule has 0 fully saturated rings. The number of aliphatic hydroxyl groups is 1. The summed E-state index contributed by atoms with van der Waals surface area (Å²) in [5.41, 5.74) is 0. The van der Waals surface area contributed by atoms with Crippen molar-refractivity contribution >= 4 is 24.7 Å². The highest BCUT2D eigenvalue weighted by Gasteiger charge is 2.50. The largest absolute Gasteiger partial charge is 0.464 e. The molecule has 1 aromatic heterocycles. The number of hydrogen-bond acceptors (Lipinski definition) is 5. The molecule has 0 unspecified atom stereocenters. The van der Waals surface area contributed by atoms with Gasteiger partial charge in [-0.3, -0.25) is 0 Å². The second-order valence-electron chi connectivity index (χ2n) is 8.41. The Morgan fingerprint density at radius 3 is 2.00 bits per heavy atom. The van der Waals surface area contributed by atoms with Gasteiger partial charge < -0.3 is 18.7 Å². The van der Waals surface area contributed by atoms with Gasteiger partial charge in [-0.15, -0.1) is 0 Å². The Balaban J connectivity index is 1.95. The van der Waals surface area contributed by atoms with Crippen molar-refractivity contribution in [3.05, 3.63) is 84.3 Å². The molecule has 1 N–H and O–H groups in total. The Bertz CT molecular complexity index is 936. The lowest BCUT2D eigenvalue weighted by Crippen LogP contribution is -2.66. The molecule has 3 aromatic rings. The van der Waals surface area contributed by atoms with Crippen molar-refractivity contribution in [2.45, 2.75) is 45.4 Å². The lowest BCUT2D eigenvalue weighted by atomic mass is 10.2. The van der Waals surface area contributed by atoms with Crippen LogP contribution in [0, 0.1) is 0 Å². The van der Waals surface area contributed by atoms with Gasteiger partial charge in [0.05, 0.1) is 13.2 Å². The highest BCUT2D eigenvalue weighted by atomic mass is 28.4. The molecular weight excluding hydrogens is 408 g/mol. The first-order chi connectivity index (χ1) is 14.8. The van der Waals surface area contributed by atoms with Gasteiger partial charge in [-0.1, -0.05) is 81.4 Å². The predicted octanol–water partition coefficient (Wildman–Crippen LogP) is 3.95. The number of carbonyl (C=O) groups is 1. The minimum Gasteiger partial charge on any atom is -0.464 e. The van der Waals surface area contributed by atoms with E-state index >= 15 is 0 Å². The van der Waals surface area contributed by atoms with Crippen molar-refractivity contribution in [1.82, 2.24) is 0 Å². The van der Waals surface area contributed by atoms with E-state index in [2.05, 4.69) is 45.0 Å². The maximum atomic E-state index is 11.8. The Labute approximate surface area is 184 Å². The maximum absolute atomic E-state index is 11.8. The van der Waals surface area contributed by atoms with E-state index in [4.69, 9.17) is 13.6 Å². The lowest BCUT2D eigenvalue weighted by molar-refractivity contribution is -0.154. The molecule has 2 aromatic carbocycles. The number of furan rings is 1. The van der Waals surface area contributed by atoms with Crippen LogP contribution < -0.4 is 10.4 Å². The van der Waals surface area contributed by atoms with Gasteiger partial charge in [-0.2, -0.15) is 0 Å². The molecule has 0 spiro atoms. The molecule has 0 aliphatic rings. The van der Waals surface area contributed by atoms with E-state index in [1.807, 2.05) is 36.4 Å². The third-order valence-corrected chi connectivity index (χ3v) is 10.3. The molecule has 3 rings (SSSR count). The summed E-state index contributed by atoms with van der Waals surface area (Å²) < 4.78 is 17.4. The van der Waals surface area contributed by atoms with E-state index in [0.29, 0.717) is 5.76 Å². The van der Waals surface area contributed by atoms with Crippen molar-refractivity contribution in [3.63, 3.8) is 0 Å². The monoisotopic (exact) mass is 438 g/mol. The SMILES string of the molecule is CCOC(=O)[C@H](O)c1ccc(CO[Si](c2ccccc2)(c2ccccc2)C(C)(C)C)o1. The smallest absolute Gasteiger partial charge is 0.342 e. The van der Waals surface area contributed by atoms with E-state index in [9.17, 15) is 9.90 Å². The number of aliphatic hydroxyl groups excluding tert-OH is 1. The topological polar surface area (TPSA) is 68.9 Å². The summed E-state index contributed by atoms with van der Waals surface area (Å²) in [7, 11) is -2.70. The van der Waals surface area contributed by atoms with Crippen molar-refractivity contribution in [2.75, 3.05) is 6.61 Å². The number of carbonyl (C=O) groups excluding carboxylic acids is 1. The van der Waals surface area contributed by atoms with Crippen molar-refractivity contribution in [2.24, 2.45) is 0 Å². The van der Waals surface area contributed by atoms with Gasteiger partial charge in [-0.05, 0) is 34.5 Å². The average Bonchev–Trinajstić information content (AvgIpc) is 3.23. The van der Waals surface area contributed by atoms with Crippen LogP contribution in [0.25, 0.3) is 0 Å². The number of hydrogen-bond donors (Lipinski definition) is 1. The molecule has 5 nitrogen and oxygen atoms in total. The van der Waals surface area contributed by atoms with Crippen LogP contribution in [-0.4, -0.2) is 26.0 Å². The van der Waals surface area contributed by atoms with E-state index in [0.717, 1.165) is 0 Å².